The number of carbonyl (C=O) groups excluding carboxylic acids is 1. The van der Waals surface area contributed by atoms with Crippen molar-refractivity contribution in [3.8, 4) is 11.3 Å². The first-order chi connectivity index (χ1) is 15.3. The number of rotatable bonds is 7. The molecule has 3 aromatic rings. The molecule has 2 aromatic carbocycles. The van der Waals surface area contributed by atoms with Crippen molar-refractivity contribution < 1.29 is 18.0 Å². The summed E-state index contributed by atoms with van der Waals surface area (Å²) in [5.41, 5.74) is 7.09. The van der Waals surface area contributed by atoms with Gasteiger partial charge in [-0.3, -0.25) is 4.90 Å². The highest BCUT2D eigenvalue weighted by molar-refractivity contribution is 5.95. The molecule has 3 N–H and O–H groups in total. The quantitative estimate of drug-likeness (QED) is 0.467. The van der Waals surface area contributed by atoms with Crippen molar-refractivity contribution in [2.24, 2.45) is 0 Å². The largest absolute Gasteiger partial charge is 0.416 e. The Kier molecular flexibility index (Phi) is 7.14. The Morgan fingerprint density at radius 3 is 2.53 bits per heavy atom. The summed E-state index contributed by atoms with van der Waals surface area (Å²) in [5, 5.41) is 2.79. The number of anilines is 2. The zero-order valence-corrected chi connectivity index (χ0v) is 17.3. The molecule has 0 unspecified atom stereocenters. The van der Waals surface area contributed by atoms with Crippen molar-refractivity contribution in [3.05, 3.63) is 90.6 Å². The van der Waals surface area contributed by atoms with E-state index in [4.69, 9.17) is 5.73 Å². The first-order valence-corrected chi connectivity index (χ1v) is 9.97. The van der Waals surface area contributed by atoms with Gasteiger partial charge in [0.05, 0.1) is 16.9 Å². The fourth-order valence-electron chi connectivity index (χ4n) is 3.15. The summed E-state index contributed by atoms with van der Waals surface area (Å²) in [5.74, 6) is 0.0930. The molecule has 0 radical (unpaired) electrons. The first-order valence-electron chi connectivity index (χ1n) is 9.97. The first kappa shape index (κ1) is 22.9. The van der Waals surface area contributed by atoms with Gasteiger partial charge in [-0.2, -0.15) is 13.2 Å². The Morgan fingerprint density at radius 1 is 1.09 bits per heavy atom. The minimum atomic E-state index is -4.47. The number of hydrogen-bond acceptors (Lipinski definition) is 3. The Hall–Kier alpha value is -3.81. The monoisotopic (exact) mass is 440 g/mol. The van der Waals surface area contributed by atoms with Crippen LogP contribution in [0, 0.1) is 0 Å². The van der Waals surface area contributed by atoms with Crippen LogP contribution >= 0.6 is 0 Å². The third-order valence-electron chi connectivity index (χ3n) is 4.78. The number of urea groups is 1. The fourth-order valence-corrected chi connectivity index (χ4v) is 3.15. The van der Waals surface area contributed by atoms with Crippen LogP contribution in [-0.2, 0) is 12.6 Å². The molecule has 1 heterocycles. The maximum Gasteiger partial charge on any atom is 0.416 e. The van der Waals surface area contributed by atoms with Crippen LogP contribution in [0.2, 0.25) is 0 Å². The lowest BCUT2D eigenvalue weighted by atomic mass is 10.1. The zero-order chi connectivity index (χ0) is 23.1. The van der Waals surface area contributed by atoms with Crippen LogP contribution in [0.1, 0.15) is 17.5 Å². The number of aromatic nitrogens is 1. The van der Waals surface area contributed by atoms with E-state index in [1.165, 1.54) is 36.0 Å². The van der Waals surface area contributed by atoms with Crippen molar-refractivity contribution in [1.29, 1.82) is 0 Å². The van der Waals surface area contributed by atoms with Crippen molar-refractivity contribution >= 4 is 17.5 Å². The number of nitrogen functional groups attached to an aromatic ring is 1. The molecule has 5 nitrogen and oxygen atoms in total. The van der Waals surface area contributed by atoms with Gasteiger partial charge in [-0.25, -0.2) is 9.78 Å². The molecule has 0 spiro atoms. The lowest BCUT2D eigenvalue weighted by Crippen LogP contribution is -2.38. The molecule has 32 heavy (non-hydrogen) atoms. The summed E-state index contributed by atoms with van der Waals surface area (Å²) in [6.07, 6.45) is -1.67. The van der Waals surface area contributed by atoms with E-state index in [0.29, 0.717) is 6.54 Å². The maximum atomic E-state index is 13.1. The minimum absolute atomic E-state index is 0.0930. The van der Waals surface area contributed by atoms with Crippen LogP contribution in [-0.4, -0.2) is 17.6 Å². The number of carbonyl (C=O) groups is 1. The molecule has 8 heteroatoms. The predicted molar refractivity (Wildman–Crippen MR) is 120 cm³/mol. The Labute approximate surface area is 184 Å². The molecular weight excluding hydrogens is 417 g/mol. The second-order valence-corrected chi connectivity index (χ2v) is 7.06. The summed E-state index contributed by atoms with van der Waals surface area (Å²) in [6.45, 7) is 4.07. The Balaban J connectivity index is 1.74. The summed E-state index contributed by atoms with van der Waals surface area (Å²) in [7, 11) is 0. The van der Waals surface area contributed by atoms with E-state index in [1.54, 1.807) is 0 Å². The molecule has 0 aliphatic carbocycles. The number of amides is 2. The van der Waals surface area contributed by atoms with Crippen LogP contribution < -0.4 is 16.0 Å². The van der Waals surface area contributed by atoms with Gasteiger partial charge in [0.2, 0.25) is 0 Å². The van der Waals surface area contributed by atoms with Crippen molar-refractivity contribution in [3.63, 3.8) is 0 Å². The van der Waals surface area contributed by atoms with Crippen LogP contribution in [0.15, 0.2) is 79.5 Å². The van der Waals surface area contributed by atoms with Crippen LogP contribution in [0.3, 0.4) is 0 Å². The number of aryl methyl sites for hydroxylation is 1. The van der Waals surface area contributed by atoms with Gasteiger partial charge in [0.1, 0.15) is 0 Å². The van der Waals surface area contributed by atoms with E-state index in [2.05, 4.69) is 16.9 Å². The normalized spacial score (nSPS) is 11.1. The molecule has 0 aliphatic rings. The van der Waals surface area contributed by atoms with Crippen LogP contribution in [0.25, 0.3) is 11.3 Å². The smallest absolute Gasteiger partial charge is 0.396 e. The molecule has 2 amide bonds. The molecule has 0 atom stereocenters. The second-order valence-electron chi connectivity index (χ2n) is 7.06. The average molecular weight is 440 g/mol. The van der Waals surface area contributed by atoms with Gasteiger partial charge in [0, 0.05) is 18.3 Å². The van der Waals surface area contributed by atoms with Crippen LogP contribution in [0.4, 0.5) is 29.5 Å². The van der Waals surface area contributed by atoms with Gasteiger partial charge in [0.15, 0.2) is 5.82 Å². The molecule has 0 aliphatic heterocycles. The lowest BCUT2D eigenvalue weighted by molar-refractivity contribution is -0.137. The second kappa shape index (κ2) is 10.00. The van der Waals surface area contributed by atoms with E-state index in [1.807, 2.05) is 30.3 Å². The van der Waals surface area contributed by atoms with Crippen molar-refractivity contribution in [1.82, 2.24) is 10.3 Å². The molecule has 166 valence electrons. The Bertz CT molecular complexity index is 1080. The van der Waals surface area contributed by atoms with E-state index in [0.717, 1.165) is 29.9 Å². The highest BCUT2D eigenvalue weighted by Gasteiger charge is 2.30. The topological polar surface area (TPSA) is 71.2 Å². The highest BCUT2D eigenvalue weighted by Crippen LogP contribution is 2.33. The van der Waals surface area contributed by atoms with Gasteiger partial charge >= 0.3 is 12.2 Å². The molecule has 0 fully saturated rings. The van der Waals surface area contributed by atoms with E-state index >= 15 is 0 Å². The van der Waals surface area contributed by atoms with Crippen molar-refractivity contribution in [2.45, 2.75) is 19.0 Å². The van der Waals surface area contributed by atoms with Gasteiger partial charge in [-0.05, 0) is 42.7 Å². The SMILES string of the molecule is C=CN(C(=O)NCCCc1ccccc1)c1nc(-c2cccc(C(F)(F)F)c2)ccc1N. The number of pyridine rings is 1. The third kappa shape index (κ3) is 5.66. The highest BCUT2D eigenvalue weighted by atomic mass is 19.4. The summed E-state index contributed by atoms with van der Waals surface area (Å²) in [6, 6.07) is 17.2. The summed E-state index contributed by atoms with van der Waals surface area (Å²) < 4.78 is 39.2. The van der Waals surface area contributed by atoms with E-state index in [9.17, 15) is 18.0 Å². The van der Waals surface area contributed by atoms with Gasteiger partial charge < -0.3 is 11.1 Å². The molecule has 0 saturated carbocycles. The number of halogens is 3. The minimum Gasteiger partial charge on any atom is -0.396 e. The number of nitrogens with two attached hydrogens (primary N) is 1. The van der Waals surface area contributed by atoms with Gasteiger partial charge in [-0.15, -0.1) is 0 Å². The third-order valence-corrected chi connectivity index (χ3v) is 4.78. The number of nitrogens with one attached hydrogen (secondary N) is 1. The molecular formula is C24H23F3N4O. The number of benzene rings is 2. The van der Waals surface area contributed by atoms with Gasteiger partial charge in [0.25, 0.3) is 0 Å². The standard InChI is InChI=1S/C24H23F3N4O/c1-2-31(23(32)29-15-7-10-17-8-4-3-5-9-17)22-20(28)13-14-21(30-22)18-11-6-12-19(16-18)24(25,26)27/h2-6,8-9,11-14,16H,1,7,10,15,28H2,(H,29,32). The van der Waals surface area contributed by atoms with Crippen molar-refractivity contribution in [2.75, 3.05) is 17.2 Å². The molecule has 0 saturated heterocycles. The molecule has 3 rings (SSSR count). The zero-order valence-electron chi connectivity index (χ0n) is 17.3. The maximum absolute atomic E-state index is 13.1. The molecule has 1 aromatic heterocycles. The number of alkyl halides is 3. The van der Waals surface area contributed by atoms with Gasteiger partial charge in [-0.1, -0.05) is 49.0 Å². The fraction of sp³-hybridized carbons (Fsp3) is 0.167. The van der Waals surface area contributed by atoms with E-state index < -0.39 is 17.8 Å². The average Bonchev–Trinajstić information content (AvgIpc) is 2.78. The predicted octanol–water partition coefficient (Wildman–Crippen LogP) is 5.64. The number of hydrogen-bond donors (Lipinski definition) is 2. The Morgan fingerprint density at radius 2 is 1.84 bits per heavy atom. The van der Waals surface area contributed by atoms with E-state index in [-0.39, 0.29) is 22.8 Å². The lowest BCUT2D eigenvalue weighted by Gasteiger charge is -2.20. The summed E-state index contributed by atoms with van der Waals surface area (Å²) >= 11 is 0. The van der Waals surface area contributed by atoms with Crippen LogP contribution in [0.5, 0.6) is 0 Å². The molecule has 0 bridgehead atoms. The summed E-state index contributed by atoms with van der Waals surface area (Å²) in [4.78, 5) is 18.2. The number of nitrogens with zero attached hydrogens (tertiary/aromatic N) is 2.